The zero-order valence-electron chi connectivity index (χ0n) is 9.18. The van der Waals surface area contributed by atoms with Crippen molar-refractivity contribution in [2.24, 2.45) is 10.8 Å². The summed E-state index contributed by atoms with van der Waals surface area (Å²) in [6, 6.07) is 3.04. The highest BCUT2D eigenvalue weighted by molar-refractivity contribution is 7.92. The molecule has 0 fully saturated rings. The molecule has 3 N–H and O–H groups in total. The molecule has 0 heterocycles. The van der Waals surface area contributed by atoms with E-state index in [-0.39, 0.29) is 5.56 Å². The van der Waals surface area contributed by atoms with Crippen molar-refractivity contribution in [3.63, 3.8) is 0 Å². The second-order valence-electron chi connectivity index (χ2n) is 3.26. The predicted octanol–water partition coefficient (Wildman–Crippen LogP) is 0.982. The van der Waals surface area contributed by atoms with Crippen LogP contribution in [0, 0.1) is 0 Å². The van der Waals surface area contributed by atoms with Gasteiger partial charge in [-0.15, -0.1) is 0 Å². The number of primary amides is 1. The summed E-state index contributed by atoms with van der Waals surface area (Å²) in [5, 5.41) is 3.30. The SMILES string of the molecule is NC(=O)NN=Cc1cccc(S(=O)(=O)C(F)(F)F)c1. The van der Waals surface area contributed by atoms with E-state index >= 15 is 0 Å². The lowest BCUT2D eigenvalue weighted by atomic mass is 10.2. The number of carbonyl (C=O) groups is 1. The molecule has 0 saturated carbocycles. The number of amides is 2. The van der Waals surface area contributed by atoms with E-state index in [0.717, 1.165) is 24.4 Å². The average Bonchev–Trinajstić information content (AvgIpc) is 2.27. The van der Waals surface area contributed by atoms with Gasteiger partial charge in [0.05, 0.1) is 11.1 Å². The molecule has 19 heavy (non-hydrogen) atoms. The van der Waals surface area contributed by atoms with Crippen LogP contribution in [0.2, 0.25) is 0 Å². The molecule has 0 atom stereocenters. The van der Waals surface area contributed by atoms with Gasteiger partial charge in [-0.05, 0) is 17.7 Å². The Morgan fingerprint density at radius 3 is 2.53 bits per heavy atom. The van der Waals surface area contributed by atoms with Gasteiger partial charge < -0.3 is 5.73 Å². The second-order valence-corrected chi connectivity index (χ2v) is 5.20. The lowest BCUT2D eigenvalue weighted by molar-refractivity contribution is -0.0436. The maximum atomic E-state index is 12.3. The van der Waals surface area contributed by atoms with Gasteiger partial charge in [0.25, 0.3) is 9.84 Å². The van der Waals surface area contributed by atoms with Crippen LogP contribution in [0.15, 0.2) is 34.3 Å². The van der Waals surface area contributed by atoms with Gasteiger partial charge in [-0.25, -0.2) is 18.6 Å². The molecule has 104 valence electrons. The summed E-state index contributed by atoms with van der Waals surface area (Å²) in [6.07, 6.45) is 0.958. The summed E-state index contributed by atoms with van der Waals surface area (Å²) >= 11 is 0. The smallest absolute Gasteiger partial charge is 0.350 e. The fourth-order valence-corrected chi connectivity index (χ4v) is 1.88. The number of rotatable bonds is 3. The third-order valence-electron chi connectivity index (χ3n) is 1.86. The Bertz CT molecular complexity index is 611. The highest BCUT2D eigenvalue weighted by atomic mass is 32.2. The molecule has 1 aromatic rings. The number of alkyl halides is 3. The van der Waals surface area contributed by atoms with Crippen molar-refractivity contribution in [3.05, 3.63) is 29.8 Å². The molecule has 1 aromatic carbocycles. The molecule has 0 aliphatic rings. The topological polar surface area (TPSA) is 102 Å². The zero-order chi connectivity index (χ0) is 14.7. The van der Waals surface area contributed by atoms with Crippen LogP contribution in [0.4, 0.5) is 18.0 Å². The number of hydrazone groups is 1. The summed E-state index contributed by atoms with van der Waals surface area (Å²) in [5.41, 5.74) is 1.20. The highest BCUT2D eigenvalue weighted by Crippen LogP contribution is 2.30. The Kier molecular flexibility index (Phi) is 4.14. The van der Waals surface area contributed by atoms with Gasteiger partial charge in [-0.2, -0.15) is 18.3 Å². The van der Waals surface area contributed by atoms with E-state index in [1.807, 2.05) is 5.43 Å². The molecule has 1 rings (SSSR count). The maximum absolute atomic E-state index is 12.3. The van der Waals surface area contributed by atoms with E-state index in [1.165, 1.54) is 6.07 Å². The van der Waals surface area contributed by atoms with Crippen LogP contribution in [0.5, 0.6) is 0 Å². The molecule has 0 aliphatic carbocycles. The Morgan fingerprint density at radius 2 is 2.00 bits per heavy atom. The van der Waals surface area contributed by atoms with Gasteiger partial charge in [-0.1, -0.05) is 12.1 Å². The van der Waals surface area contributed by atoms with Gasteiger partial charge in [0.15, 0.2) is 0 Å². The van der Waals surface area contributed by atoms with Gasteiger partial charge >= 0.3 is 11.5 Å². The van der Waals surface area contributed by atoms with Gasteiger partial charge in [0, 0.05) is 0 Å². The summed E-state index contributed by atoms with van der Waals surface area (Å²) in [5.74, 6) is 0. The number of carbonyl (C=O) groups excluding carboxylic acids is 1. The first-order valence-electron chi connectivity index (χ1n) is 4.64. The van der Waals surface area contributed by atoms with Gasteiger partial charge in [0.2, 0.25) is 0 Å². The van der Waals surface area contributed by atoms with Gasteiger partial charge in [-0.3, -0.25) is 0 Å². The number of nitrogens with two attached hydrogens (primary N) is 1. The molecule has 0 spiro atoms. The summed E-state index contributed by atoms with van der Waals surface area (Å²) < 4.78 is 59.2. The van der Waals surface area contributed by atoms with Crippen LogP contribution in [-0.2, 0) is 9.84 Å². The molecule has 0 unspecified atom stereocenters. The highest BCUT2D eigenvalue weighted by Gasteiger charge is 2.46. The summed E-state index contributed by atoms with van der Waals surface area (Å²) in [6.45, 7) is 0. The first-order chi connectivity index (χ1) is 8.64. The molecule has 10 heteroatoms. The van der Waals surface area contributed by atoms with E-state index in [0.29, 0.717) is 0 Å². The Morgan fingerprint density at radius 1 is 1.37 bits per heavy atom. The van der Waals surface area contributed by atoms with Crippen molar-refractivity contribution in [1.82, 2.24) is 5.43 Å². The first-order valence-corrected chi connectivity index (χ1v) is 6.13. The number of benzene rings is 1. The maximum Gasteiger partial charge on any atom is 0.501 e. The van der Waals surface area contributed by atoms with Crippen molar-refractivity contribution in [1.29, 1.82) is 0 Å². The fourth-order valence-electron chi connectivity index (χ4n) is 1.07. The van der Waals surface area contributed by atoms with E-state index in [2.05, 4.69) is 5.10 Å². The number of halogens is 3. The summed E-state index contributed by atoms with van der Waals surface area (Å²) in [7, 11) is -5.41. The van der Waals surface area contributed by atoms with E-state index < -0.39 is 26.3 Å². The minimum atomic E-state index is -5.41. The molecule has 0 bridgehead atoms. The second kappa shape index (κ2) is 5.26. The normalized spacial score (nSPS) is 12.6. The summed E-state index contributed by atoms with van der Waals surface area (Å²) in [4.78, 5) is 9.39. The molecule has 6 nitrogen and oxygen atoms in total. The van der Waals surface area contributed by atoms with Crippen LogP contribution >= 0.6 is 0 Å². The molecule has 0 aromatic heterocycles. The van der Waals surface area contributed by atoms with Crippen molar-refractivity contribution >= 4 is 22.1 Å². The molecule has 2 amide bonds. The number of urea groups is 1. The van der Waals surface area contributed by atoms with Crippen molar-refractivity contribution < 1.29 is 26.4 Å². The Hall–Kier alpha value is -2.10. The fraction of sp³-hybridized carbons (Fsp3) is 0.111. The number of nitrogens with zero attached hydrogens (tertiary/aromatic N) is 1. The van der Waals surface area contributed by atoms with Crippen molar-refractivity contribution in [3.8, 4) is 0 Å². The molecular formula is C9H8F3N3O3S. The predicted molar refractivity (Wildman–Crippen MR) is 60.0 cm³/mol. The van der Waals surface area contributed by atoms with Crippen LogP contribution in [0.25, 0.3) is 0 Å². The van der Waals surface area contributed by atoms with E-state index in [1.54, 1.807) is 0 Å². The Labute approximate surface area is 106 Å². The lowest BCUT2D eigenvalue weighted by Gasteiger charge is -2.08. The zero-order valence-corrected chi connectivity index (χ0v) is 9.99. The minimum Gasteiger partial charge on any atom is -0.350 e. The number of sulfone groups is 1. The standard InChI is InChI=1S/C9H8F3N3O3S/c10-9(11,12)19(17,18)7-3-1-2-6(4-7)5-14-15-8(13)16/h1-5H,(H3,13,15,16). The number of hydrogen-bond acceptors (Lipinski definition) is 4. The van der Waals surface area contributed by atoms with Crippen LogP contribution < -0.4 is 11.2 Å². The first kappa shape index (κ1) is 15.0. The monoisotopic (exact) mass is 295 g/mol. The third kappa shape index (κ3) is 3.68. The quantitative estimate of drug-likeness (QED) is 0.642. The van der Waals surface area contributed by atoms with Gasteiger partial charge in [0.1, 0.15) is 0 Å². The molecule has 0 radical (unpaired) electrons. The van der Waals surface area contributed by atoms with E-state index in [4.69, 9.17) is 5.73 Å². The van der Waals surface area contributed by atoms with Crippen LogP contribution in [0.3, 0.4) is 0 Å². The van der Waals surface area contributed by atoms with Crippen LogP contribution in [-0.4, -0.2) is 26.2 Å². The van der Waals surface area contributed by atoms with Crippen molar-refractivity contribution in [2.45, 2.75) is 10.4 Å². The number of nitrogens with one attached hydrogen (secondary N) is 1. The van der Waals surface area contributed by atoms with Crippen LogP contribution in [0.1, 0.15) is 5.56 Å². The minimum absolute atomic E-state index is 0.0547. The average molecular weight is 295 g/mol. The number of hydrogen-bond donors (Lipinski definition) is 2. The lowest BCUT2D eigenvalue weighted by Crippen LogP contribution is -2.24. The van der Waals surface area contributed by atoms with Crippen molar-refractivity contribution in [2.75, 3.05) is 0 Å². The van der Waals surface area contributed by atoms with E-state index in [9.17, 15) is 26.4 Å². The molecule has 0 aliphatic heterocycles. The third-order valence-corrected chi connectivity index (χ3v) is 3.35. The Balaban J connectivity index is 3.08. The largest absolute Gasteiger partial charge is 0.501 e. The molecule has 0 saturated heterocycles. The molecular weight excluding hydrogens is 287 g/mol.